The van der Waals surface area contributed by atoms with Gasteiger partial charge in [0.25, 0.3) is 5.89 Å². The number of hydrogen-bond donors (Lipinski definition) is 0. The average Bonchev–Trinajstić information content (AvgIpc) is 2.98. The number of hydrogen-bond acceptors (Lipinski definition) is 5. The second-order valence-corrected chi connectivity index (χ2v) is 5.64. The fourth-order valence-electron chi connectivity index (χ4n) is 1.94. The van der Waals surface area contributed by atoms with Crippen molar-refractivity contribution in [2.75, 3.05) is 0 Å². The van der Waals surface area contributed by atoms with Crippen molar-refractivity contribution in [1.82, 2.24) is 15.1 Å². The van der Waals surface area contributed by atoms with Crippen LogP contribution in [0.25, 0.3) is 11.5 Å². The van der Waals surface area contributed by atoms with Crippen molar-refractivity contribution in [2.45, 2.75) is 19.4 Å². The van der Waals surface area contributed by atoms with E-state index in [0.29, 0.717) is 28.2 Å². The van der Waals surface area contributed by atoms with E-state index in [2.05, 4.69) is 15.1 Å². The maximum absolute atomic E-state index is 5.96. The van der Waals surface area contributed by atoms with Gasteiger partial charge in [0.1, 0.15) is 11.4 Å². The van der Waals surface area contributed by atoms with Crippen LogP contribution in [0.15, 0.2) is 53.2 Å². The van der Waals surface area contributed by atoms with Crippen molar-refractivity contribution in [1.29, 1.82) is 0 Å². The second kappa shape index (κ2) is 5.77. The molecule has 0 bridgehead atoms. The fourth-order valence-corrected chi connectivity index (χ4v) is 2.12. The van der Waals surface area contributed by atoms with E-state index in [4.69, 9.17) is 20.9 Å². The largest absolute Gasteiger partial charge is 0.478 e. The van der Waals surface area contributed by atoms with Gasteiger partial charge in [0.2, 0.25) is 5.82 Å². The van der Waals surface area contributed by atoms with Crippen molar-refractivity contribution >= 4 is 11.6 Å². The summed E-state index contributed by atoms with van der Waals surface area (Å²) < 4.78 is 11.2. The normalized spacial score (nSPS) is 11.4. The maximum Gasteiger partial charge on any atom is 0.270 e. The van der Waals surface area contributed by atoms with Crippen LogP contribution in [-0.2, 0) is 5.60 Å². The van der Waals surface area contributed by atoms with Gasteiger partial charge in [-0.15, -0.1) is 0 Å². The molecule has 0 N–H and O–H groups in total. The first kappa shape index (κ1) is 14.5. The van der Waals surface area contributed by atoms with Crippen molar-refractivity contribution < 1.29 is 9.26 Å². The lowest BCUT2D eigenvalue weighted by molar-refractivity contribution is 0.0692. The molecule has 22 heavy (non-hydrogen) atoms. The number of nitrogens with zero attached hydrogens (tertiary/aromatic N) is 3. The van der Waals surface area contributed by atoms with Gasteiger partial charge in [0.05, 0.1) is 0 Å². The van der Waals surface area contributed by atoms with Gasteiger partial charge in [0.15, 0.2) is 5.60 Å². The molecule has 0 amide bonds. The van der Waals surface area contributed by atoms with Crippen LogP contribution in [0, 0.1) is 0 Å². The molecule has 0 aliphatic carbocycles. The fraction of sp³-hybridized carbons (Fsp3) is 0.188. The Hall–Kier alpha value is -2.40. The predicted octanol–water partition coefficient (Wildman–Crippen LogP) is 4.10. The number of halogens is 1. The zero-order chi connectivity index (χ0) is 15.6. The SMILES string of the molecule is CC(C)(Oc1cccc(Cl)c1)c1nc(-c2ccccn2)no1. The number of aromatic nitrogens is 3. The van der Waals surface area contributed by atoms with Gasteiger partial charge in [-0.05, 0) is 44.2 Å². The Balaban J connectivity index is 1.85. The standard InChI is InChI=1S/C16H14ClN3O2/c1-16(2,21-12-7-5-6-11(17)10-12)15-19-14(20-22-15)13-8-3-4-9-18-13/h3-10H,1-2H3. The highest BCUT2D eigenvalue weighted by atomic mass is 35.5. The summed E-state index contributed by atoms with van der Waals surface area (Å²) >= 11 is 5.96. The smallest absolute Gasteiger partial charge is 0.270 e. The third-order valence-corrected chi connectivity index (χ3v) is 3.24. The van der Waals surface area contributed by atoms with Gasteiger partial charge in [-0.1, -0.05) is 28.9 Å². The van der Waals surface area contributed by atoms with Crippen LogP contribution in [0.1, 0.15) is 19.7 Å². The maximum atomic E-state index is 5.96. The van der Waals surface area contributed by atoms with Gasteiger partial charge in [-0.3, -0.25) is 4.98 Å². The Labute approximate surface area is 132 Å². The van der Waals surface area contributed by atoms with Crippen LogP contribution in [-0.4, -0.2) is 15.1 Å². The summed E-state index contributed by atoms with van der Waals surface area (Å²) in [6.45, 7) is 3.70. The summed E-state index contributed by atoms with van der Waals surface area (Å²) in [7, 11) is 0. The topological polar surface area (TPSA) is 61.0 Å². The van der Waals surface area contributed by atoms with Gasteiger partial charge in [-0.2, -0.15) is 4.98 Å². The Morgan fingerprint density at radius 1 is 1.14 bits per heavy atom. The molecule has 0 saturated carbocycles. The van der Waals surface area contributed by atoms with Crippen LogP contribution >= 0.6 is 11.6 Å². The molecule has 3 rings (SSSR count). The molecule has 3 aromatic rings. The molecule has 1 aromatic carbocycles. The zero-order valence-electron chi connectivity index (χ0n) is 12.2. The van der Waals surface area contributed by atoms with E-state index in [1.54, 1.807) is 18.3 Å². The van der Waals surface area contributed by atoms with Crippen LogP contribution in [0.5, 0.6) is 5.75 Å². The van der Waals surface area contributed by atoms with Crippen LogP contribution in [0.2, 0.25) is 5.02 Å². The zero-order valence-corrected chi connectivity index (χ0v) is 12.9. The highest BCUT2D eigenvalue weighted by Gasteiger charge is 2.30. The molecule has 0 unspecified atom stereocenters. The molecule has 0 spiro atoms. The van der Waals surface area contributed by atoms with E-state index in [1.807, 2.05) is 44.2 Å². The first-order valence-corrected chi connectivity index (χ1v) is 7.12. The van der Waals surface area contributed by atoms with Crippen molar-refractivity contribution in [3.05, 3.63) is 59.6 Å². The lowest BCUT2D eigenvalue weighted by Gasteiger charge is -2.22. The Bertz CT molecular complexity index is 772. The lowest BCUT2D eigenvalue weighted by Crippen LogP contribution is -2.25. The van der Waals surface area contributed by atoms with Crippen molar-refractivity contribution in [2.24, 2.45) is 0 Å². The summed E-state index contributed by atoms with van der Waals surface area (Å²) in [5, 5.41) is 4.56. The van der Waals surface area contributed by atoms with E-state index in [9.17, 15) is 0 Å². The second-order valence-electron chi connectivity index (χ2n) is 5.21. The van der Waals surface area contributed by atoms with Gasteiger partial charge in [0, 0.05) is 11.2 Å². The summed E-state index contributed by atoms with van der Waals surface area (Å²) in [6.07, 6.45) is 1.68. The van der Waals surface area contributed by atoms with E-state index in [1.165, 1.54) is 0 Å². The monoisotopic (exact) mass is 315 g/mol. The number of pyridine rings is 1. The summed E-state index contributed by atoms with van der Waals surface area (Å²) in [4.78, 5) is 8.57. The third kappa shape index (κ3) is 3.09. The summed E-state index contributed by atoms with van der Waals surface area (Å²) in [5.41, 5.74) is -0.138. The summed E-state index contributed by atoms with van der Waals surface area (Å²) in [5.74, 6) is 1.43. The first-order chi connectivity index (χ1) is 10.5. The highest BCUT2D eigenvalue weighted by Crippen LogP contribution is 2.29. The molecule has 0 radical (unpaired) electrons. The molecule has 6 heteroatoms. The number of rotatable bonds is 4. The minimum Gasteiger partial charge on any atom is -0.478 e. The molecule has 0 atom stereocenters. The third-order valence-electron chi connectivity index (χ3n) is 3.00. The highest BCUT2D eigenvalue weighted by molar-refractivity contribution is 6.30. The molecular weight excluding hydrogens is 302 g/mol. The molecular formula is C16H14ClN3O2. The molecule has 0 fully saturated rings. The van der Waals surface area contributed by atoms with Crippen molar-refractivity contribution in [3.63, 3.8) is 0 Å². The Morgan fingerprint density at radius 2 is 2.00 bits per heavy atom. The molecule has 0 aliphatic rings. The van der Waals surface area contributed by atoms with E-state index < -0.39 is 5.60 Å². The molecule has 112 valence electrons. The molecule has 2 heterocycles. The molecule has 2 aromatic heterocycles. The Morgan fingerprint density at radius 3 is 2.73 bits per heavy atom. The van der Waals surface area contributed by atoms with Crippen molar-refractivity contribution in [3.8, 4) is 17.3 Å². The molecule has 0 saturated heterocycles. The number of ether oxygens (including phenoxy) is 1. The lowest BCUT2D eigenvalue weighted by atomic mass is 10.1. The number of benzene rings is 1. The quantitative estimate of drug-likeness (QED) is 0.725. The Kier molecular flexibility index (Phi) is 3.81. The molecule has 0 aliphatic heterocycles. The molecule has 5 nitrogen and oxygen atoms in total. The van der Waals surface area contributed by atoms with Gasteiger partial charge < -0.3 is 9.26 Å². The van der Waals surface area contributed by atoms with Crippen LogP contribution in [0.4, 0.5) is 0 Å². The van der Waals surface area contributed by atoms with E-state index in [0.717, 1.165) is 0 Å². The van der Waals surface area contributed by atoms with Crippen LogP contribution in [0.3, 0.4) is 0 Å². The minimum absolute atomic E-state index is 0.369. The summed E-state index contributed by atoms with van der Waals surface area (Å²) in [6, 6.07) is 12.7. The van der Waals surface area contributed by atoms with E-state index >= 15 is 0 Å². The van der Waals surface area contributed by atoms with Gasteiger partial charge >= 0.3 is 0 Å². The first-order valence-electron chi connectivity index (χ1n) is 6.75. The predicted molar refractivity (Wildman–Crippen MR) is 82.6 cm³/mol. The van der Waals surface area contributed by atoms with Crippen LogP contribution < -0.4 is 4.74 Å². The minimum atomic E-state index is -0.787. The average molecular weight is 316 g/mol. The van der Waals surface area contributed by atoms with Gasteiger partial charge in [-0.25, -0.2) is 0 Å². The van der Waals surface area contributed by atoms with E-state index in [-0.39, 0.29) is 0 Å².